The van der Waals surface area contributed by atoms with E-state index in [-0.39, 0.29) is 11.8 Å². The van der Waals surface area contributed by atoms with Crippen LogP contribution in [0, 0.1) is 19.8 Å². The topological polar surface area (TPSA) is 49.3 Å². The van der Waals surface area contributed by atoms with Gasteiger partial charge in [-0.25, -0.2) is 0 Å². The molecule has 0 fully saturated rings. The summed E-state index contributed by atoms with van der Waals surface area (Å²) in [5, 5.41) is 13.3. The molecule has 2 rings (SSSR count). The monoisotopic (exact) mass is 261 g/mol. The van der Waals surface area contributed by atoms with E-state index in [4.69, 9.17) is 0 Å². The number of rotatable bonds is 2. The average molecular weight is 261 g/mol. The zero-order valence-electron chi connectivity index (χ0n) is 12.6. The Balaban J connectivity index is 2.67. The lowest BCUT2D eigenvalue weighted by molar-refractivity contribution is -0.119. The molecule has 1 aliphatic rings. The Hall–Kier alpha value is -1.35. The summed E-state index contributed by atoms with van der Waals surface area (Å²) < 4.78 is 0. The van der Waals surface area contributed by atoms with Crippen molar-refractivity contribution in [3.8, 4) is 0 Å². The first-order valence-electron chi connectivity index (χ1n) is 6.82. The van der Waals surface area contributed by atoms with E-state index in [1.165, 1.54) is 0 Å². The molecule has 1 aliphatic heterocycles. The van der Waals surface area contributed by atoms with Crippen molar-refractivity contribution in [2.45, 2.75) is 53.1 Å². The Morgan fingerprint density at radius 3 is 2.32 bits per heavy atom. The lowest BCUT2D eigenvalue weighted by Crippen LogP contribution is -2.27. The number of fused-ring (bicyclic) bond motifs is 1. The number of hydrogen-bond acceptors (Lipinski definition) is 2. The van der Waals surface area contributed by atoms with Gasteiger partial charge < -0.3 is 10.4 Å². The molecule has 1 unspecified atom stereocenters. The number of hydrogen-bond donors (Lipinski definition) is 2. The van der Waals surface area contributed by atoms with E-state index in [0.29, 0.717) is 0 Å². The van der Waals surface area contributed by atoms with Gasteiger partial charge in [-0.05, 0) is 61.9 Å². The van der Waals surface area contributed by atoms with Crippen LogP contribution >= 0.6 is 0 Å². The Morgan fingerprint density at radius 2 is 1.79 bits per heavy atom. The molecular weight excluding hydrogens is 238 g/mol. The van der Waals surface area contributed by atoms with Crippen molar-refractivity contribution in [2.75, 3.05) is 5.32 Å². The van der Waals surface area contributed by atoms with Gasteiger partial charge in [-0.15, -0.1) is 0 Å². The third-order valence-corrected chi connectivity index (χ3v) is 4.37. The van der Waals surface area contributed by atoms with Crippen molar-refractivity contribution in [1.29, 1.82) is 0 Å². The van der Waals surface area contributed by atoms with Crippen LogP contribution in [0.2, 0.25) is 0 Å². The van der Waals surface area contributed by atoms with Crippen LogP contribution in [0.25, 0.3) is 0 Å². The summed E-state index contributed by atoms with van der Waals surface area (Å²) in [6.45, 7) is 11.9. The van der Waals surface area contributed by atoms with Gasteiger partial charge >= 0.3 is 0 Å². The van der Waals surface area contributed by atoms with Crippen molar-refractivity contribution >= 4 is 11.6 Å². The van der Waals surface area contributed by atoms with Crippen LogP contribution in [0.4, 0.5) is 5.69 Å². The summed E-state index contributed by atoms with van der Waals surface area (Å²) in [5.74, 6) is 0.186. The smallest absolute Gasteiger partial charge is 0.234 e. The normalized spacial score (nSPS) is 18.4. The van der Waals surface area contributed by atoms with Crippen LogP contribution in [0.15, 0.2) is 6.07 Å². The fourth-order valence-corrected chi connectivity index (χ4v) is 2.65. The largest absolute Gasteiger partial charge is 0.388 e. The Labute approximate surface area is 115 Å². The maximum Gasteiger partial charge on any atom is 0.234 e. The SMILES string of the molecule is Cc1c(C(O)C(C)C)cc2c(c1C)NC(=O)C2(C)C. The van der Waals surface area contributed by atoms with Gasteiger partial charge in [0, 0.05) is 5.69 Å². The zero-order valence-corrected chi connectivity index (χ0v) is 12.6. The maximum absolute atomic E-state index is 12.1. The summed E-state index contributed by atoms with van der Waals surface area (Å²) in [5.41, 5.74) is 4.46. The Morgan fingerprint density at radius 1 is 1.21 bits per heavy atom. The Bertz CT molecular complexity index is 544. The van der Waals surface area contributed by atoms with Crippen molar-refractivity contribution in [1.82, 2.24) is 0 Å². The number of benzene rings is 1. The number of nitrogens with one attached hydrogen (secondary N) is 1. The second kappa shape index (κ2) is 4.34. The molecule has 0 aliphatic carbocycles. The highest BCUT2D eigenvalue weighted by Crippen LogP contribution is 2.43. The molecule has 1 heterocycles. The minimum absolute atomic E-state index is 0.0289. The summed E-state index contributed by atoms with van der Waals surface area (Å²) >= 11 is 0. The minimum atomic E-state index is -0.529. The summed E-state index contributed by atoms with van der Waals surface area (Å²) in [6.07, 6.45) is -0.490. The summed E-state index contributed by atoms with van der Waals surface area (Å²) in [7, 11) is 0. The molecule has 104 valence electrons. The lowest BCUT2D eigenvalue weighted by atomic mass is 9.81. The van der Waals surface area contributed by atoms with Crippen LogP contribution in [0.5, 0.6) is 0 Å². The molecule has 1 amide bonds. The molecule has 1 aromatic carbocycles. The number of carbonyl (C=O) groups excluding carboxylic acids is 1. The number of amides is 1. The van der Waals surface area contributed by atoms with Gasteiger partial charge in [0.1, 0.15) is 0 Å². The standard InChI is InChI=1S/C16H23NO2/c1-8(2)14(18)11-7-12-13(10(4)9(11)3)17-15(19)16(12,5)6/h7-8,14,18H,1-6H3,(H,17,19). The zero-order chi connectivity index (χ0) is 14.5. The van der Waals surface area contributed by atoms with Crippen molar-refractivity contribution in [3.05, 3.63) is 28.3 Å². The fraction of sp³-hybridized carbons (Fsp3) is 0.562. The van der Waals surface area contributed by atoms with Gasteiger partial charge in [-0.2, -0.15) is 0 Å². The van der Waals surface area contributed by atoms with Crippen molar-refractivity contribution in [2.24, 2.45) is 5.92 Å². The van der Waals surface area contributed by atoms with Crippen LogP contribution in [-0.4, -0.2) is 11.0 Å². The molecule has 0 aromatic heterocycles. The van der Waals surface area contributed by atoms with Gasteiger partial charge in [0.2, 0.25) is 5.91 Å². The Kier molecular flexibility index (Phi) is 3.21. The highest BCUT2D eigenvalue weighted by Gasteiger charge is 2.40. The molecule has 0 radical (unpaired) electrons. The number of aliphatic hydroxyl groups excluding tert-OH is 1. The van der Waals surface area contributed by atoms with Gasteiger partial charge in [-0.1, -0.05) is 13.8 Å². The molecule has 0 saturated carbocycles. The minimum Gasteiger partial charge on any atom is -0.388 e. The fourth-order valence-electron chi connectivity index (χ4n) is 2.65. The number of carbonyl (C=O) groups is 1. The van der Waals surface area contributed by atoms with Crippen molar-refractivity contribution in [3.63, 3.8) is 0 Å². The van der Waals surface area contributed by atoms with E-state index >= 15 is 0 Å². The molecular formula is C16H23NO2. The van der Waals surface area contributed by atoms with Gasteiger partial charge in [-0.3, -0.25) is 4.79 Å². The second-order valence-corrected chi connectivity index (χ2v) is 6.41. The molecule has 1 aromatic rings. The highest BCUT2D eigenvalue weighted by molar-refractivity contribution is 6.06. The summed E-state index contributed by atoms with van der Waals surface area (Å²) in [4.78, 5) is 12.1. The van der Waals surface area contributed by atoms with E-state index in [0.717, 1.165) is 27.9 Å². The van der Waals surface area contributed by atoms with E-state index in [2.05, 4.69) is 5.32 Å². The van der Waals surface area contributed by atoms with Crippen molar-refractivity contribution < 1.29 is 9.90 Å². The van der Waals surface area contributed by atoms with Crippen LogP contribution in [-0.2, 0) is 10.2 Å². The quantitative estimate of drug-likeness (QED) is 0.858. The first-order valence-corrected chi connectivity index (χ1v) is 6.82. The molecule has 19 heavy (non-hydrogen) atoms. The molecule has 3 nitrogen and oxygen atoms in total. The third kappa shape index (κ3) is 1.96. The molecule has 0 spiro atoms. The van der Waals surface area contributed by atoms with Crippen LogP contribution < -0.4 is 5.32 Å². The van der Waals surface area contributed by atoms with Crippen LogP contribution in [0.1, 0.15) is 56.1 Å². The van der Waals surface area contributed by atoms with E-state index in [9.17, 15) is 9.90 Å². The molecule has 0 saturated heterocycles. The first kappa shape index (κ1) is 14.1. The van der Waals surface area contributed by atoms with Crippen LogP contribution in [0.3, 0.4) is 0 Å². The lowest BCUT2D eigenvalue weighted by Gasteiger charge is -2.23. The maximum atomic E-state index is 12.1. The van der Waals surface area contributed by atoms with Gasteiger partial charge in [0.05, 0.1) is 11.5 Å². The molecule has 1 atom stereocenters. The predicted octanol–water partition coefficient (Wildman–Crippen LogP) is 3.22. The highest BCUT2D eigenvalue weighted by atomic mass is 16.3. The predicted molar refractivity (Wildman–Crippen MR) is 77.4 cm³/mol. The third-order valence-electron chi connectivity index (χ3n) is 4.37. The molecule has 3 heteroatoms. The molecule has 2 N–H and O–H groups in total. The summed E-state index contributed by atoms with van der Waals surface area (Å²) in [6, 6.07) is 2.00. The number of anilines is 1. The number of aliphatic hydroxyl groups is 1. The molecule has 0 bridgehead atoms. The van der Waals surface area contributed by atoms with E-state index in [1.807, 2.05) is 47.6 Å². The van der Waals surface area contributed by atoms with Gasteiger partial charge in [0.25, 0.3) is 0 Å². The van der Waals surface area contributed by atoms with E-state index < -0.39 is 11.5 Å². The first-order chi connectivity index (χ1) is 8.67. The average Bonchev–Trinajstić information content (AvgIpc) is 2.55. The second-order valence-electron chi connectivity index (χ2n) is 6.41. The van der Waals surface area contributed by atoms with Gasteiger partial charge in [0.15, 0.2) is 0 Å². The van der Waals surface area contributed by atoms with E-state index in [1.54, 1.807) is 0 Å².